The standard InChI is InChI=1S/C12H10N4O4/c1-6-9(11(17)18)10(15-12(13)14-6)7-4-2-3-5-8(7)16(19)20/h2-5H,1H3,(H,17,18)(H2,13,14,15). The number of nitrogens with two attached hydrogens (primary N) is 1. The summed E-state index contributed by atoms with van der Waals surface area (Å²) in [5.74, 6) is -1.41. The van der Waals surface area contributed by atoms with E-state index >= 15 is 0 Å². The van der Waals surface area contributed by atoms with E-state index < -0.39 is 10.9 Å². The topological polar surface area (TPSA) is 132 Å². The van der Waals surface area contributed by atoms with Crippen LogP contribution in [0.1, 0.15) is 16.1 Å². The summed E-state index contributed by atoms with van der Waals surface area (Å²) in [5.41, 5.74) is 5.24. The summed E-state index contributed by atoms with van der Waals surface area (Å²) in [7, 11) is 0. The average Bonchev–Trinajstić information content (AvgIpc) is 2.37. The molecule has 0 spiro atoms. The molecule has 0 saturated heterocycles. The summed E-state index contributed by atoms with van der Waals surface area (Å²) in [6.45, 7) is 1.46. The molecule has 20 heavy (non-hydrogen) atoms. The van der Waals surface area contributed by atoms with E-state index in [9.17, 15) is 20.0 Å². The number of carboxylic acid groups (broad SMARTS) is 1. The smallest absolute Gasteiger partial charge is 0.339 e. The van der Waals surface area contributed by atoms with Crippen molar-refractivity contribution in [3.8, 4) is 11.3 Å². The summed E-state index contributed by atoms with van der Waals surface area (Å²) in [6.07, 6.45) is 0. The van der Waals surface area contributed by atoms with Crippen molar-refractivity contribution in [2.24, 2.45) is 0 Å². The van der Waals surface area contributed by atoms with Gasteiger partial charge in [-0.15, -0.1) is 0 Å². The highest BCUT2D eigenvalue weighted by molar-refractivity contribution is 5.97. The molecule has 1 aromatic heterocycles. The van der Waals surface area contributed by atoms with Crippen molar-refractivity contribution in [1.82, 2.24) is 9.97 Å². The summed E-state index contributed by atoms with van der Waals surface area (Å²) >= 11 is 0. The number of aromatic carboxylic acids is 1. The third kappa shape index (κ3) is 2.26. The van der Waals surface area contributed by atoms with Crippen LogP contribution in [0.4, 0.5) is 11.6 Å². The van der Waals surface area contributed by atoms with E-state index in [1.165, 1.54) is 25.1 Å². The van der Waals surface area contributed by atoms with Gasteiger partial charge >= 0.3 is 5.97 Å². The van der Waals surface area contributed by atoms with E-state index in [-0.39, 0.29) is 34.2 Å². The van der Waals surface area contributed by atoms with Crippen LogP contribution in [-0.4, -0.2) is 26.0 Å². The Morgan fingerprint density at radius 1 is 1.35 bits per heavy atom. The zero-order chi connectivity index (χ0) is 14.9. The maximum Gasteiger partial charge on any atom is 0.339 e. The molecule has 0 atom stereocenters. The molecular formula is C12H10N4O4. The first kappa shape index (κ1) is 13.4. The van der Waals surface area contributed by atoms with Crippen LogP contribution in [0, 0.1) is 17.0 Å². The first-order valence-electron chi connectivity index (χ1n) is 5.53. The minimum atomic E-state index is -1.27. The number of hydrogen-bond donors (Lipinski definition) is 2. The van der Waals surface area contributed by atoms with Crippen LogP contribution in [0.5, 0.6) is 0 Å². The Kier molecular flexibility index (Phi) is 3.30. The SMILES string of the molecule is Cc1nc(N)nc(-c2ccccc2[N+](=O)[O-])c1C(=O)O. The van der Waals surface area contributed by atoms with Crippen LogP contribution in [0.3, 0.4) is 0 Å². The van der Waals surface area contributed by atoms with Crippen molar-refractivity contribution < 1.29 is 14.8 Å². The number of nitro benzene ring substituents is 1. The molecule has 8 heteroatoms. The van der Waals surface area contributed by atoms with Crippen LogP contribution in [-0.2, 0) is 0 Å². The van der Waals surface area contributed by atoms with Gasteiger partial charge in [-0.05, 0) is 13.0 Å². The molecule has 102 valence electrons. The molecule has 2 aromatic rings. The zero-order valence-corrected chi connectivity index (χ0v) is 10.4. The molecule has 0 aliphatic carbocycles. The third-order valence-electron chi connectivity index (χ3n) is 2.68. The van der Waals surface area contributed by atoms with E-state index in [4.69, 9.17) is 5.73 Å². The summed E-state index contributed by atoms with van der Waals surface area (Å²) in [6, 6.07) is 5.74. The van der Waals surface area contributed by atoms with Gasteiger partial charge < -0.3 is 10.8 Å². The Labute approximate surface area is 113 Å². The second kappa shape index (κ2) is 4.92. The number of nitrogens with zero attached hydrogens (tertiary/aromatic N) is 3. The third-order valence-corrected chi connectivity index (χ3v) is 2.68. The minimum Gasteiger partial charge on any atom is -0.478 e. The van der Waals surface area contributed by atoms with Gasteiger partial charge in [-0.3, -0.25) is 10.1 Å². The van der Waals surface area contributed by atoms with E-state index in [1.807, 2.05) is 0 Å². The molecule has 0 saturated carbocycles. The molecule has 0 amide bonds. The highest BCUT2D eigenvalue weighted by Gasteiger charge is 2.24. The van der Waals surface area contributed by atoms with Gasteiger partial charge in [-0.25, -0.2) is 14.8 Å². The molecule has 8 nitrogen and oxygen atoms in total. The van der Waals surface area contributed by atoms with E-state index in [0.717, 1.165) is 0 Å². The molecule has 1 aromatic carbocycles. The normalized spacial score (nSPS) is 10.2. The lowest BCUT2D eigenvalue weighted by molar-refractivity contribution is -0.384. The number of para-hydroxylation sites is 1. The lowest BCUT2D eigenvalue weighted by Gasteiger charge is -2.09. The highest BCUT2D eigenvalue weighted by atomic mass is 16.6. The van der Waals surface area contributed by atoms with Gasteiger partial charge in [0.15, 0.2) is 0 Å². The van der Waals surface area contributed by atoms with Crippen LogP contribution < -0.4 is 5.73 Å². The molecule has 0 aliphatic rings. The number of nitrogen functional groups attached to an aromatic ring is 1. The average molecular weight is 274 g/mol. The van der Waals surface area contributed by atoms with Gasteiger partial charge in [-0.1, -0.05) is 12.1 Å². The second-order valence-corrected chi connectivity index (χ2v) is 3.97. The lowest BCUT2D eigenvalue weighted by atomic mass is 10.0. The summed E-state index contributed by atoms with van der Waals surface area (Å²) < 4.78 is 0. The monoisotopic (exact) mass is 274 g/mol. The molecular weight excluding hydrogens is 264 g/mol. The first-order chi connectivity index (χ1) is 9.41. The zero-order valence-electron chi connectivity index (χ0n) is 10.4. The number of hydrogen-bond acceptors (Lipinski definition) is 6. The summed E-state index contributed by atoms with van der Waals surface area (Å²) in [4.78, 5) is 29.4. The maximum absolute atomic E-state index is 11.3. The molecule has 2 rings (SSSR count). The molecule has 0 bridgehead atoms. The first-order valence-corrected chi connectivity index (χ1v) is 5.53. The minimum absolute atomic E-state index is 0.0604. The van der Waals surface area contributed by atoms with Gasteiger partial charge in [0.2, 0.25) is 5.95 Å². The number of anilines is 1. The maximum atomic E-state index is 11.3. The second-order valence-electron chi connectivity index (χ2n) is 3.97. The van der Waals surface area contributed by atoms with Gasteiger partial charge in [0.1, 0.15) is 5.56 Å². The Morgan fingerprint density at radius 3 is 2.60 bits per heavy atom. The molecule has 0 unspecified atom stereocenters. The van der Waals surface area contributed by atoms with Gasteiger partial charge in [0.25, 0.3) is 5.69 Å². The molecule has 3 N–H and O–H groups in total. The Balaban J connectivity index is 2.82. The largest absolute Gasteiger partial charge is 0.478 e. The molecule has 1 heterocycles. The lowest BCUT2D eigenvalue weighted by Crippen LogP contribution is -2.10. The number of nitro groups is 1. The Morgan fingerprint density at radius 2 is 2.00 bits per heavy atom. The summed E-state index contributed by atoms with van der Waals surface area (Å²) in [5, 5.41) is 20.3. The predicted molar refractivity (Wildman–Crippen MR) is 70.2 cm³/mol. The van der Waals surface area contributed by atoms with Crippen molar-refractivity contribution in [3.63, 3.8) is 0 Å². The van der Waals surface area contributed by atoms with E-state index in [0.29, 0.717) is 0 Å². The number of aromatic nitrogens is 2. The van der Waals surface area contributed by atoms with E-state index in [2.05, 4.69) is 9.97 Å². The number of carbonyl (C=O) groups is 1. The number of benzene rings is 1. The van der Waals surface area contributed by atoms with Gasteiger partial charge in [0.05, 0.1) is 21.9 Å². The fourth-order valence-electron chi connectivity index (χ4n) is 1.88. The van der Waals surface area contributed by atoms with Crippen molar-refractivity contribution in [1.29, 1.82) is 0 Å². The van der Waals surface area contributed by atoms with E-state index in [1.54, 1.807) is 6.07 Å². The van der Waals surface area contributed by atoms with Crippen LogP contribution in [0.15, 0.2) is 24.3 Å². The molecule has 0 fully saturated rings. The fraction of sp³-hybridized carbons (Fsp3) is 0.0833. The highest BCUT2D eigenvalue weighted by Crippen LogP contribution is 2.31. The van der Waals surface area contributed by atoms with Crippen LogP contribution in [0.25, 0.3) is 11.3 Å². The van der Waals surface area contributed by atoms with Crippen LogP contribution in [0.2, 0.25) is 0 Å². The molecule has 0 radical (unpaired) electrons. The number of rotatable bonds is 3. The van der Waals surface area contributed by atoms with Crippen LogP contribution >= 0.6 is 0 Å². The Hall–Kier alpha value is -3.03. The fourth-order valence-corrected chi connectivity index (χ4v) is 1.88. The van der Waals surface area contributed by atoms with Crippen molar-refractivity contribution in [2.45, 2.75) is 6.92 Å². The quantitative estimate of drug-likeness (QED) is 0.642. The number of carboxylic acids is 1. The van der Waals surface area contributed by atoms with Crippen molar-refractivity contribution >= 4 is 17.6 Å². The predicted octanol–water partition coefficient (Wildman–Crippen LogP) is 1.64. The van der Waals surface area contributed by atoms with Gasteiger partial charge in [-0.2, -0.15) is 0 Å². The van der Waals surface area contributed by atoms with Crippen molar-refractivity contribution in [2.75, 3.05) is 5.73 Å². The van der Waals surface area contributed by atoms with Gasteiger partial charge in [0, 0.05) is 6.07 Å². The molecule has 0 aliphatic heterocycles. The number of aryl methyl sites for hydroxylation is 1. The Bertz CT molecular complexity index is 715. The van der Waals surface area contributed by atoms with Crippen molar-refractivity contribution in [3.05, 3.63) is 45.6 Å².